The summed E-state index contributed by atoms with van der Waals surface area (Å²) in [6, 6.07) is 20.8. The number of aryl methyl sites for hydroxylation is 1. The van der Waals surface area contributed by atoms with Crippen LogP contribution in [-0.2, 0) is 4.79 Å². The standard InChI is InChI=1S/C23H21ClN6OS/c1-3-32-23(27-17-10-6-4-7-11-17)19(14-25)22(31)28-26-15-20-16(2)29-30(21(20)24)18-12-8-5-9-13-18/h4-13,15,27H,3H2,1-2H3,(H,28,31). The predicted octanol–water partition coefficient (Wildman–Crippen LogP) is 4.88. The molecule has 0 spiro atoms. The van der Waals surface area contributed by atoms with Gasteiger partial charge in [0.25, 0.3) is 5.91 Å². The highest BCUT2D eigenvalue weighted by Crippen LogP contribution is 2.23. The van der Waals surface area contributed by atoms with Gasteiger partial charge in [0.05, 0.1) is 28.2 Å². The van der Waals surface area contributed by atoms with Crippen LogP contribution in [0.3, 0.4) is 0 Å². The van der Waals surface area contributed by atoms with Gasteiger partial charge in [-0.05, 0) is 36.9 Å². The van der Waals surface area contributed by atoms with Crippen molar-refractivity contribution in [1.29, 1.82) is 5.26 Å². The molecule has 32 heavy (non-hydrogen) atoms. The summed E-state index contributed by atoms with van der Waals surface area (Å²) in [5.74, 6) is 0.0667. The number of rotatable bonds is 8. The molecule has 9 heteroatoms. The molecule has 0 aliphatic rings. The van der Waals surface area contributed by atoms with Gasteiger partial charge in [0.1, 0.15) is 16.8 Å². The van der Waals surface area contributed by atoms with Gasteiger partial charge in [-0.2, -0.15) is 15.5 Å². The minimum Gasteiger partial charge on any atom is -0.349 e. The molecule has 7 nitrogen and oxygen atoms in total. The highest BCUT2D eigenvalue weighted by molar-refractivity contribution is 8.03. The second kappa shape index (κ2) is 11.2. The van der Waals surface area contributed by atoms with Gasteiger partial charge in [0.15, 0.2) is 0 Å². The number of amides is 1. The Bertz CT molecular complexity index is 1180. The van der Waals surface area contributed by atoms with Crippen molar-refractivity contribution in [3.05, 3.63) is 87.7 Å². The van der Waals surface area contributed by atoms with E-state index in [1.54, 1.807) is 11.6 Å². The van der Waals surface area contributed by atoms with Gasteiger partial charge in [-0.3, -0.25) is 4.79 Å². The number of para-hydroxylation sites is 2. The van der Waals surface area contributed by atoms with Gasteiger partial charge in [-0.25, -0.2) is 10.1 Å². The third-order valence-electron chi connectivity index (χ3n) is 4.29. The molecule has 0 unspecified atom stereocenters. The summed E-state index contributed by atoms with van der Waals surface area (Å²) in [5.41, 5.74) is 5.18. The molecule has 3 rings (SSSR count). The Morgan fingerprint density at radius 2 is 1.88 bits per heavy atom. The Labute approximate surface area is 195 Å². The fourth-order valence-corrected chi connectivity index (χ4v) is 3.86. The van der Waals surface area contributed by atoms with E-state index in [4.69, 9.17) is 11.6 Å². The maximum Gasteiger partial charge on any atom is 0.284 e. The molecule has 0 saturated carbocycles. The van der Waals surface area contributed by atoms with Gasteiger partial charge in [-0.15, -0.1) is 11.8 Å². The predicted molar refractivity (Wildman–Crippen MR) is 130 cm³/mol. The van der Waals surface area contributed by atoms with E-state index >= 15 is 0 Å². The molecule has 0 aliphatic heterocycles. The number of hydrogen-bond donors (Lipinski definition) is 2. The quantitative estimate of drug-likeness (QED) is 0.214. The number of nitrogens with zero attached hydrogens (tertiary/aromatic N) is 4. The normalized spacial score (nSPS) is 11.7. The minimum atomic E-state index is -0.618. The Morgan fingerprint density at radius 3 is 2.50 bits per heavy atom. The summed E-state index contributed by atoms with van der Waals surface area (Å²) >= 11 is 7.84. The third-order valence-corrected chi connectivity index (χ3v) is 5.54. The van der Waals surface area contributed by atoms with Crippen LogP contribution in [0.2, 0.25) is 5.15 Å². The molecule has 0 bridgehead atoms. The van der Waals surface area contributed by atoms with E-state index in [0.717, 1.165) is 11.4 Å². The van der Waals surface area contributed by atoms with E-state index in [0.29, 0.717) is 27.2 Å². The second-order valence-electron chi connectivity index (χ2n) is 6.48. The van der Waals surface area contributed by atoms with E-state index in [2.05, 4.69) is 20.9 Å². The zero-order chi connectivity index (χ0) is 22.9. The second-order valence-corrected chi connectivity index (χ2v) is 8.11. The number of halogens is 1. The van der Waals surface area contributed by atoms with Crippen molar-refractivity contribution in [2.24, 2.45) is 5.10 Å². The van der Waals surface area contributed by atoms with E-state index in [-0.39, 0.29) is 5.57 Å². The monoisotopic (exact) mass is 464 g/mol. The van der Waals surface area contributed by atoms with Crippen molar-refractivity contribution >= 4 is 41.2 Å². The van der Waals surface area contributed by atoms with E-state index in [9.17, 15) is 10.1 Å². The molecule has 3 aromatic rings. The largest absolute Gasteiger partial charge is 0.349 e. The first kappa shape index (κ1) is 23.1. The number of carbonyl (C=O) groups excluding carboxylic acids is 1. The fourth-order valence-electron chi connectivity index (χ4n) is 2.78. The first-order valence-corrected chi connectivity index (χ1v) is 11.1. The number of nitriles is 1. The van der Waals surface area contributed by atoms with Crippen molar-refractivity contribution in [1.82, 2.24) is 15.2 Å². The number of carbonyl (C=O) groups is 1. The lowest BCUT2D eigenvalue weighted by Gasteiger charge is -2.11. The van der Waals surface area contributed by atoms with Crippen LogP contribution in [0.25, 0.3) is 5.69 Å². The lowest BCUT2D eigenvalue weighted by molar-refractivity contribution is -0.117. The molecule has 2 N–H and O–H groups in total. The Hall–Kier alpha value is -3.54. The molecule has 1 heterocycles. The molecule has 0 fully saturated rings. The van der Waals surface area contributed by atoms with Crippen molar-refractivity contribution in [3.63, 3.8) is 0 Å². The number of benzene rings is 2. The van der Waals surface area contributed by atoms with Gasteiger partial charge < -0.3 is 5.32 Å². The van der Waals surface area contributed by atoms with Crippen molar-refractivity contribution in [2.75, 3.05) is 11.1 Å². The third kappa shape index (κ3) is 5.58. The van der Waals surface area contributed by atoms with Crippen LogP contribution in [0.15, 0.2) is 76.4 Å². The van der Waals surface area contributed by atoms with Crippen LogP contribution < -0.4 is 10.7 Å². The Morgan fingerprint density at radius 1 is 1.22 bits per heavy atom. The average molecular weight is 465 g/mol. The van der Waals surface area contributed by atoms with E-state index < -0.39 is 5.91 Å². The summed E-state index contributed by atoms with van der Waals surface area (Å²) in [5, 5.41) is 22.0. The molecule has 1 amide bonds. The number of thioether (sulfide) groups is 1. The summed E-state index contributed by atoms with van der Waals surface area (Å²) in [7, 11) is 0. The van der Waals surface area contributed by atoms with Crippen LogP contribution in [0, 0.1) is 18.3 Å². The number of hydrogen-bond acceptors (Lipinski definition) is 6. The smallest absolute Gasteiger partial charge is 0.284 e. The Kier molecular flexibility index (Phi) is 8.08. The molecule has 0 radical (unpaired) electrons. The molecule has 0 atom stereocenters. The number of hydrazone groups is 1. The molecule has 0 aliphatic carbocycles. The first-order chi connectivity index (χ1) is 15.5. The van der Waals surface area contributed by atoms with Crippen molar-refractivity contribution < 1.29 is 4.79 Å². The topological polar surface area (TPSA) is 95.1 Å². The summed E-state index contributed by atoms with van der Waals surface area (Å²) in [4.78, 5) is 12.7. The minimum absolute atomic E-state index is 0.0550. The molecule has 2 aromatic carbocycles. The van der Waals surface area contributed by atoms with Gasteiger partial charge in [-0.1, -0.05) is 54.9 Å². The average Bonchev–Trinajstić information content (AvgIpc) is 3.09. The summed E-state index contributed by atoms with van der Waals surface area (Å²) < 4.78 is 1.60. The zero-order valence-corrected chi connectivity index (χ0v) is 19.1. The van der Waals surface area contributed by atoms with Crippen LogP contribution in [0.4, 0.5) is 5.69 Å². The maximum atomic E-state index is 12.7. The van der Waals surface area contributed by atoms with Crippen molar-refractivity contribution in [2.45, 2.75) is 13.8 Å². The van der Waals surface area contributed by atoms with E-state index in [1.807, 2.05) is 73.7 Å². The van der Waals surface area contributed by atoms with Crippen LogP contribution in [0.5, 0.6) is 0 Å². The summed E-state index contributed by atoms with van der Waals surface area (Å²) in [6.45, 7) is 3.74. The summed E-state index contributed by atoms with van der Waals surface area (Å²) in [6.07, 6.45) is 1.42. The lowest BCUT2D eigenvalue weighted by atomic mass is 10.3. The first-order valence-electron chi connectivity index (χ1n) is 9.78. The number of nitrogens with one attached hydrogen (secondary N) is 2. The van der Waals surface area contributed by atoms with Gasteiger partial charge in [0, 0.05) is 5.69 Å². The van der Waals surface area contributed by atoms with Crippen LogP contribution >= 0.6 is 23.4 Å². The number of anilines is 1. The highest BCUT2D eigenvalue weighted by Gasteiger charge is 2.17. The Balaban J connectivity index is 1.79. The van der Waals surface area contributed by atoms with Crippen LogP contribution in [-0.4, -0.2) is 27.7 Å². The molecule has 1 aromatic heterocycles. The van der Waals surface area contributed by atoms with Crippen LogP contribution in [0.1, 0.15) is 18.2 Å². The van der Waals surface area contributed by atoms with Crippen molar-refractivity contribution in [3.8, 4) is 11.8 Å². The maximum absolute atomic E-state index is 12.7. The lowest BCUT2D eigenvalue weighted by Crippen LogP contribution is -2.21. The van der Waals surface area contributed by atoms with Gasteiger partial charge >= 0.3 is 0 Å². The molecular formula is C23H21ClN6OS. The zero-order valence-electron chi connectivity index (χ0n) is 17.5. The molecular weight excluding hydrogens is 444 g/mol. The van der Waals surface area contributed by atoms with E-state index in [1.165, 1.54) is 18.0 Å². The van der Waals surface area contributed by atoms with Gasteiger partial charge in [0.2, 0.25) is 0 Å². The SMILES string of the molecule is CCSC(Nc1ccccc1)=C(C#N)C(=O)NN=Cc1c(C)nn(-c2ccccc2)c1Cl. The number of aromatic nitrogens is 2. The fraction of sp³-hybridized carbons (Fsp3) is 0.130. The highest BCUT2D eigenvalue weighted by atomic mass is 35.5. The molecule has 162 valence electrons. The molecule has 0 saturated heterocycles.